The maximum absolute atomic E-state index is 11.5. The predicted molar refractivity (Wildman–Crippen MR) is 83.4 cm³/mol. The Labute approximate surface area is 124 Å². The molecule has 1 aromatic carbocycles. The summed E-state index contributed by atoms with van der Waals surface area (Å²) in [6.07, 6.45) is 0.774. The van der Waals surface area contributed by atoms with Gasteiger partial charge in [-0.05, 0) is 69.4 Å². The number of carbonyl (C=O) groups is 1. The van der Waals surface area contributed by atoms with E-state index in [1.165, 1.54) is 11.1 Å². The van der Waals surface area contributed by atoms with Crippen LogP contribution in [0.1, 0.15) is 41.7 Å². The summed E-state index contributed by atoms with van der Waals surface area (Å²) in [6.45, 7) is 10.1. The van der Waals surface area contributed by atoms with Crippen LogP contribution in [0.25, 0.3) is 0 Å². The van der Waals surface area contributed by atoms with Crippen molar-refractivity contribution < 1.29 is 10.0 Å². The lowest BCUT2D eigenvalue weighted by atomic mass is 9.81. The molecule has 112 valence electrons. The van der Waals surface area contributed by atoms with Crippen LogP contribution < -0.4 is 5.73 Å². The van der Waals surface area contributed by atoms with E-state index >= 15 is 0 Å². The van der Waals surface area contributed by atoms with Crippen LogP contribution in [0.5, 0.6) is 0 Å². The summed E-state index contributed by atoms with van der Waals surface area (Å²) in [6, 6.07) is 1.99. The molecule has 0 radical (unpaired) electrons. The molecule has 0 fully saturated rings. The molecule has 1 amide bonds. The van der Waals surface area contributed by atoms with E-state index in [2.05, 4.69) is 24.0 Å². The maximum Gasteiger partial charge on any atom is 0.273 e. The van der Waals surface area contributed by atoms with E-state index in [4.69, 9.17) is 10.9 Å². The van der Waals surface area contributed by atoms with Gasteiger partial charge in [0.15, 0.2) is 5.71 Å². The number of benzene rings is 1. The summed E-state index contributed by atoms with van der Waals surface area (Å²) in [5.41, 5.74) is 10.6. The number of carbonyl (C=O) groups excluding carboxylic acids is 1. The number of fused-ring (bicyclic) bond motifs is 1. The molecule has 1 aliphatic rings. The number of amides is 1. The van der Waals surface area contributed by atoms with Crippen LogP contribution in [-0.2, 0) is 11.2 Å². The van der Waals surface area contributed by atoms with E-state index in [-0.39, 0.29) is 11.3 Å². The predicted octanol–water partition coefficient (Wildman–Crippen LogP) is 2.05. The summed E-state index contributed by atoms with van der Waals surface area (Å²) in [5, 5.41) is 12.2. The molecule has 2 rings (SSSR count). The van der Waals surface area contributed by atoms with Gasteiger partial charge in [0, 0.05) is 5.56 Å². The number of rotatable bonds is 2. The first kappa shape index (κ1) is 15.2. The normalized spacial score (nSPS) is 17.2. The SMILES string of the molecule is Cc1cc2c(c(C)c1C)CC(C)(C)N=C2/C(=N\O)C(N)=O. The second-order valence-electron chi connectivity index (χ2n) is 6.23. The molecule has 1 aliphatic heterocycles. The van der Waals surface area contributed by atoms with Gasteiger partial charge < -0.3 is 10.9 Å². The molecule has 0 saturated heterocycles. The van der Waals surface area contributed by atoms with Gasteiger partial charge in [-0.25, -0.2) is 0 Å². The minimum Gasteiger partial charge on any atom is -0.410 e. The molecule has 3 N–H and O–H groups in total. The Bertz CT molecular complexity index is 685. The molecule has 0 saturated carbocycles. The molecule has 21 heavy (non-hydrogen) atoms. The summed E-state index contributed by atoms with van der Waals surface area (Å²) in [7, 11) is 0. The first-order valence-electron chi connectivity index (χ1n) is 6.90. The summed E-state index contributed by atoms with van der Waals surface area (Å²) in [4.78, 5) is 16.1. The second-order valence-corrected chi connectivity index (χ2v) is 6.23. The number of hydrogen-bond donors (Lipinski definition) is 2. The highest BCUT2D eigenvalue weighted by Gasteiger charge is 2.32. The van der Waals surface area contributed by atoms with Crippen LogP contribution in [0, 0.1) is 20.8 Å². The Kier molecular flexibility index (Phi) is 3.61. The van der Waals surface area contributed by atoms with Crippen molar-refractivity contribution in [3.8, 4) is 0 Å². The molecule has 0 atom stereocenters. The Balaban J connectivity index is 2.79. The Morgan fingerprint density at radius 3 is 2.48 bits per heavy atom. The lowest BCUT2D eigenvalue weighted by Gasteiger charge is -2.31. The zero-order chi connectivity index (χ0) is 15.9. The van der Waals surface area contributed by atoms with Gasteiger partial charge in [0.25, 0.3) is 5.91 Å². The molecular weight excluding hydrogens is 266 g/mol. The van der Waals surface area contributed by atoms with Crippen LogP contribution in [0.4, 0.5) is 0 Å². The second kappa shape index (κ2) is 4.98. The van der Waals surface area contributed by atoms with Gasteiger partial charge in [0.05, 0.1) is 5.54 Å². The minimum atomic E-state index is -0.782. The number of hydrogen-bond acceptors (Lipinski definition) is 4. The first-order chi connectivity index (χ1) is 9.68. The zero-order valence-electron chi connectivity index (χ0n) is 13.1. The highest BCUT2D eigenvalue weighted by Crippen LogP contribution is 2.32. The number of nitrogens with two attached hydrogens (primary N) is 1. The van der Waals surface area contributed by atoms with E-state index in [0.29, 0.717) is 5.71 Å². The van der Waals surface area contributed by atoms with Crippen LogP contribution in [0.15, 0.2) is 16.2 Å². The molecule has 0 spiro atoms. The molecule has 0 aromatic heterocycles. The lowest BCUT2D eigenvalue weighted by molar-refractivity contribution is -0.111. The summed E-state index contributed by atoms with van der Waals surface area (Å²) >= 11 is 0. The topological polar surface area (TPSA) is 88.0 Å². The molecule has 5 nitrogen and oxygen atoms in total. The Hall–Kier alpha value is -2.17. The zero-order valence-corrected chi connectivity index (χ0v) is 13.1. The quantitative estimate of drug-likeness (QED) is 0.495. The van der Waals surface area contributed by atoms with Gasteiger partial charge in [0.1, 0.15) is 5.71 Å². The van der Waals surface area contributed by atoms with Crippen molar-refractivity contribution in [1.29, 1.82) is 0 Å². The van der Waals surface area contributed by atoms with Gasteiger partial charge in [0.2, 0.25) is 0 Å². The summed E-state index contributed by atoms with van der Waals surface area (Å²) in [5.74, 6) is -0.782. The molecule has 0 aliphatic carbocycles. The first-order valence-corrected chi connectivity index (χ1v) is 6.90. The molecule has 0 unspecified atom stereocenters. The van der Waals surface area contributed by atoms with Crippen molar-refractivity contribution >= 4 is 17.3 Å². The van der Waals surface area contributed by atoms with E-state index in [9.17, 15) is 4.79 Å². The fourth-order valence-electron chi connectivity index (χ4n) is 2.80. The van der Waals surface area contributed by atoms with Crippen molar-refractivity contribution in [2.45, 2.75) is 46.6 Å². The lowest BCUT2D eigenvalue weighted by Crippen LogP contribution is -2.38. The smallest absolute Gasteiger partial charge is 0.273 e. The van der Waals surface area contributed by atoms with Gasteiger partial charge in [-0.2, -0.15) is 0 Å². The van der Waals surface area contributed by atoms with Gasteiger partial charge >= 0.3 is 0 Å². The van der Waals surface area contributed by atoms with Crippen LogP contribution >= 0.6 is 0 Å². The van der Waals surface area contributed by atoms with Gasteiger partial charge in [-0.1, -0.05) is 5.16 Å². The third-order valence-corrected chi connectivity index (χ3v) is 4.13. The Morgan fingerprint density at radius 2 is 1.95 bits per heavy atom. The highest BCUT2D eigenvalue weighted by atomic mass is 16.4. The van der Waals surface area contributed by atoms with Crippen molar-refractivity contribution in [3.63, 3.8) is 0 Å². The molecule has 0 bridgehead atoms. The van der Waals surface area contributed by atoms with Gasteiger partial charge in [-0.15, -0.1) is 0 Å². The number of oxime groups is 1. The Morgan fingerprint density at radius 1 is 1.33 bits per heavy atom. The average Bonchev–Trinajstić information content (AvgIpc) is 2.37. The van der Waals surface area contributed by atoms with E-state index in [1.54, 1.807) is 0 Å². The van der Waals surface area contributed by atoms with Crippen molar-refractivity contribution in [1.82, 2.24) is 0 Å². The average molecular weight is 287 g/mol. The fourth-order valence-corrected chi connectivity index (χ4v) is 2.80. The number of primary amides is 1. The molecular formula is C16H21N3O2. The number of aliphatic imine (C=N–C) groups is 1. The summed E-state index contributed by atoms with van der Waals surface area (Å²) < 4.78 is 0. The van der Waals surface area contributed by atoms with Gasteiger partial charge in [-0.3, -0.25) is 9.79 Å². The minimum absolute atomic E-state index is 0.188. The van der Waals surface area contributed by atoms with Crippen LogP contribution in [0.2, 0.25) is 0 Å². The van der Waals surface area contributed by atoms with Crippen LogP contribution in [-0.4, -0.2) is 28.1 Å². The van der Waals surface area contributed by atoms with E-state index in [1.807, 2.05) is 26.8 Å². The third-order valence-electron chi connectivity index (χ3n) is 4.13. The third kappa shape index (κ3) is 2.55. The highest BCUT2D eigenvalue weighted by molar-refractivity contribution is 6.70. The monoisotopic (exact) mass is 287 g/mol. The maximum atomic E-state index is 11.5. The van der Waals surface area contributed by atoms with E-state index < -0.39 is 5.91 Å². The van der Waals surface area contributed by atoms with Crippen molar-refractivity contribution in [2.75, 3.05) is 0 Å². The number of aryl methyl sites for hydroxylation is 1. The number of nitrogens with zero attached hydrogens (tertiary/aromatic N) is 2. The molecule has 5 heteroatoms. The van der Waals surface area contributed by atoms with Crippen LogP contribution in [0.3, 0.4) is 0 Å². The molecule has 1 heterocycles. The van der Waals surface area contributed by atoms with Crippen molar-refractivity contribution in [2.24, 2.45) is 15.9 Å². The van der Waals surface area contributed by atoms with Crippen molar-refractivity contribution in [3.05, 3.63) is 33.9 Å². The largest absolute Gasteiger partial charge is 0.410 e. The van der Waals surface area contributed by atoms with E-state index in [0.717, 1.165) is 23.1 Å². The standard InChI is InChI=1S/C16H21N3O2/c1-8-6-11-12(10(3)9(8)2)7-16(4,5)18-13(11)14(19-21)15(17)20/h6,21H,7H2,1-5H3,(H2,17,20)/b19-14+. The molecule has 1 aromatic rings. The fraction of sp³-hybridized carbons (Fsp3) is 0.438.